The molecule has 1 aromatic heterocycles. The van der Waals surface area contributed by atoms with Crippen molar-refractivity contribution in [2.75, 3.05) is 25.5 Å². The molecule has 6 heteroatoms. The molecule has 0 radical (unpaired) electrons. The summed E-state index contributed by atoms with van der Waals surface area (Å²) in [7, 11) is 1.63. The zero-order valence-electron chi connectivity index (χ0n) is 19.8. The Balaban J connectivity index is 1.28. The van der Waals surface area contributed by atoms with E-state index in [2.05, 4.69) is 58.5 Å². The van der Waals surface area contributed by atoms with Crippen molar-refractivity contribution in [3.8, 4) is 5.75 Å². The Morgan fingerprint density at radius 2 is 1.82 bits per heavy atom. The zero-order chi connectivity index (χ0) is 23.2. The number of aromatic amines is 1. The number of carbonyl (C=O) groups excluding carboxylic acids is 1. The number of rotatable bonds is 10. The number of amides is 1. The molecule has 2 aromatic carbocycles. The van der Waals surface area contributed by atoms with Gasteiger partial charge in [0, 0.05) is 18.5 Å². The van der Waals surface area contributed by atoms with Crippen LogP contribution in [0.2, 0.25) is 0 Å². The molecule has 1 amide bonds. The molecule has 1 aliphatic carbocycles. The largest absolute Gasteiger partial charge is 0.497 e. The highest BCUT2D eigenvalue weighted by Gasteiger charge is 2.33. The van der Waals surface area contributed by atoms with Crippen LogP contribution in [0.15, 0.2) is 54.6 Å². The van der Waals surface area contributed by atoms with Gasteiger partial charge in [0.15, 0.2) is 0 Å². The number of hydrogen-bond donors (Lipinski definition) is 2. The van der Waals surface area contributed by atoms with Gasteiger partial charge in [-0.2, -0.15) is 5.10 Å². The SMILES string of the molecule is CCN(CC)Cc1cccc([C@H]2C[C@@H](c3cc(NC(=O)Cc4ccc(OC)cc4)[nH]n3)C2)c1. The number of methoxy groups -OCH3 is 1. The third kappa shape index (κ3) is 5.82. The number of anilines is 1. The van der Waals surface area contributed by atoms with E-state index in [1.165, 1.54) is 11.1 Å². The number of aromatic nitrogens is 2. The topological polar surface area (TPSA) is 70.2 Å². The van der Waals surface area contributed by atoms with Gasteiger partial charge in [0.05, 0.1) is 19.2 Å². The highest BCUT2D eigenvalue weighted by molar-refractivity contribution is 5.91. The standard InChI is InChI=1S/C27H34N4O2/c1-4-31(5-2)18-20-7-6-8-21(13-20)22-15-23(16-22)25-17-26(30-29-25)28-27(32)14-19-9-11-24(33-3)12-10-19/h6-13,17,22-23H,4-5,14-16,18H2,1-3H3,(H2,28,29,30,32)/t22-,23+. The number of nitrogens with zero attached hydrogens (tertiary/aromatic N) is 2. The molecule has 1 fully saturated rings. The van der Waals surface area contributed by atoms with E-state index in [1.54, 1.807) is 7.11 Å². The Kier molecular flexibility index (Phi) is 7.45. The highest BCUT2D eigenvalue weighted by atomic mass is 16.5. The van der Waals surface area contributed by atoms with Gasteiger partial charge in [-0.1, -0.05) is 50.2 Å². The second kappa shape index (κ2) is 10.7. The first-order valence-corrected chi connectivity index (χ1v) is 11.9. The number of ether oxygens (including phenoxy) is 1. The molecule has 1 heterocycles. The molecule has 0 bridgehead atoms. The normalized spacial score (nSPS) is 17.6. The van der Waals surface area contributed by atoms with Crippen LogP contribution in [0.3, 0.4) is 0 Å². The van der Waals surface area contributed by atoms with E-state index in [1.807, 2.05) is 30.3 Å². The van der Waals surface area contributed by atoms with Gasteiger partial charge in [-0.3, -0.25) is 14.8 Å². The Labute approximate surface area is 196 Å². The second-order valence-electron chi connectivity index (χ2n) is 8.85. The van der Waals surface area contributed by atoms with Gasteiger partial charge in [-0.25, -0.2) is 0 Å². The lowest BCUT2D eigenvalue weighted by Crippen LogP contribution is -2.23. The summed E-state index contributed by atoms with van der Waals surface area (Å²) in [6, 6.07) is 18.6. The van der Waals surface area contributed by atoms with E-state index in [9.17, 15) is 4.79 Å². The Morgan fingerprint density at radius 1 is 1.06 bits per heavy atom. The predicted octanol–water partition coefficient (Wildman–Crippen LogP) is 5.10. The van der Waals surface area contributed by atoms with E-state index < -0.39 is 0 Å². The number of hydrogen-bond acceptors (Lipinski definition) is 4. The summed E-state index contributed by atoms with van der Waals surface area (Å²) in [4.78, 5) is 14.8. The third-order valence-corrected chi connectivity index (χ3v) is 6.67. The van der Waals surface area contributed by atoms with Crippen molar-refractivity contribution < 1.29 is 9.53 Å². The van der Waals surface area contributed by atoms with Gasteiger partial charge >= 0.3 is 0 Å². The number of benzene rings is 2. The highest BCUT2D eigenvalue weighted by Crippen LogP contribution is 2.47. The van der Waals surface area contributed by atoms with Crippen molar-refractivity contribution in [2.24, 2.45) is 0 Å². The Hall–Kier alpha value is -3.12. The maximum absolute atomic E-state index is 12.4. The Morgan fingerprint density at radius 3 is 2.52 bits per heavy atom. The lowest BCUT2D eigenvalue weighted by atomic mass is 9.70. The minimum Gasteiger partial charge on any atom is -0.497 e. The van der Waals surface area contributed by atoms with Crippen LogP contribution in [-0.2, 0) is 17.8 Å². The molecule has 4 rings (SSSR count). The van der Waals surface area contributed by atoms with E-state index in [0.717, 1.165) is 49.5 Å². The molecular formula is C27H34N4O2. The van der Waals surface area contributed by atoms with Crippen LogP contribution in [0.25, 0.3) is 0 Å². The van der Waals surface area contributed by atoms with Crippen LogP contribution < -0.4 is 10.1 Å². The van der Waals surface area contributed by atoms with Crippen LogP contribution in [0.5, 0.6) is 5.75 Å². The summed E-state index contributed by atoms with van der Waals surface area (Å²) in [6.45, 7) is 7.58. The van der Waals surface area contributed by atoms with Gasteiger partial charge in [-0.05, 0) is 60.7 Å². The van der Waals surface area contributed by atoms with E-state index in [0.29, 0.717) is 24.1 Å². The number of nitrogens with one attached hydrogen (secondary N) is 2. The summed E-state index contributed by atoms with van der Waals surface area (Å²) in [5.41, 5.74) is 4.80. The van der Waals surface area contributed by atoms with Crippen molar-refractivity contribution in [3.05, 3.63) is 77.0 Å². The van der Waals surface area contributed by atoms with Crippen LogP contribution >= 0.6 is 0 Å². The first-order chi connectivity index (χ1) is 16.1. The van der Waals surface area contributed by atoms with E-state index >= 15 is 0 Å². The fourth-order valence-electron chi connectivity index (χ4n) is 4.52. The van der Waals surface area contributed by atoms with Gasteiger partial charge in [0.2, 0.25) is 5.91 Å². The Bertz CT molecular complexity index is 1050. The minimum absolute atomic E-state index is 0.0631. The molecule has 0 unspecified atom stereocenters. The molecule has 0 aliphatic heterocycles. The molecule has 2 N–H and O–H groups in total. The number of carbonyl (C=O) groups is 1. The van der Waals surface area contributed by atoms with Gasteiger partial charge in [-0.15, -0.1) is 0 Å². The summed E-state index contributed by atoms with van der Waals surface area (Å²) in [5.74, 6) is 2.40. The smallest absolute Gasteiger partial charge is 0.229 e. The molecule has 33 heavy (non-hydrogen) atoms. The van der Waals surface area contributed by atoms with Gasteiger partial charge < -0.3 is 10.1 Å². The van der Waals surface area contributed by atoms with Crippen LogP contribution in [-0.4, -0.2) is 41.2 Å². The first kappa shape index (κ1) is 23.1. The van der Waals surface area contributed by atoms with Gasteiger partial charge in [0.1, 0.15) is 11.6 Å². The van der Waals surface area contributed by atoms with Crippen molar-refractivity contribution in [3.63, 3.8) is 0 Å². The summed E-state index contributed by atoms with van der Waals surface area (Å²) in [5, 5.41) is 10.4. The second-order valence-corrected chi connectivity index (χ2v) is 8.85. The minimum atomic E-state index is -0.0631. The quantitative estimate of drug-likeness (QED) is 0.454. The fourth-order valence-corrected chi connectivity index (χ4v) is 4.52. The monoisotopic (exact) mass is 446 g/mol. The van der Waals surface area contributed by atoms with Gasteiger partial charge in [0.25, 0.3) is 0 Å². The van der Waals surface area contributed by atoms with Crippen molar-refractivity contribution in [1.29, 1.82) is 0 Å². The lowest BCUT2D eigenvalue weighted by Gasteiger charge is -2.35. The zero-order valence-corrected chi connectivity index (χ0v) is 19.8. The maximum atomic E-state index is 12.4. The summed E-state index contributed by atoms with van der Waals surface area (Å²) >= 11 is 0. The van der Waals surface area contributed by atoms with Crippen LogP contribution in [0.1, 0.15) is 60.9 Å². The fraction of sp³-hybridized carbons (Fsp3) is 0.407. The molecule has 6 nitrogen and oxygen atoms in total. The molecule has 3 aromatic rings. The molecular weight excluding hydrogens is 412 g/mol. The summed E-state index contributed by atoms with van der Waals surface area (Å²) < 4.78 is 5.16. The summed E-state index contributed by atoms with van der Waals surface area (Å²) in [6.07, 6.45) is 2.51. The number of H-pyrrole nitrogens is 1. The van der Waals surface area contributed by atoms with E-state index in [-0.39, 0.29) is 5.91 Å². The van der Waals surface area contributed by atoms with E-state index in [4.69, 9.17) is 4.74 Å². The van der Waals surface area contributed by atoms with Crippen molar-refractivity contribution >= 4 is 11.7 Å². The van der Waals surface area contributed by atoms with Crippen LogP contribution in [0.4, 0.5) is 5.82 Å². The molecule has 0 spiro atoms. The molecule has 174 valence electrons. The first-order valence-electron chi connectivity index (χ1n) is 11.9. The van der Waals surface area contributed by atoms with Crippen molar-refractivity contribution in [1.82, 2.24) is 15.1 Å². The predicted molar refractivity (Wildman–Crippen MR) is 132 cm³/mol. The average Bonchev–Trinajstić information content (AvgIpc) is 3.25. The molecule has 0 atom stereocenters. The maximum Gasteiger partial charge on any atom is 0.229 e. The van der Waals surface area contributed by atoms with Crippen LogP contribution in [0, 0.1) is 0 Å². The van der Waals surface area contributed by atoms with Crippen molar-refractivity contribution in [2.45, 2.75) is 51.5 Å². The molecule has 1 saturated carbocycles. The molecule has 1 aliphatic rings. The third-order valence-electron chi connectivity index (χ3n) is 6.67. The average molecular weight is 447 g/mol. The molecule has 0 saturated heterocycles. The lowest BCUT2D eigenvalue weighted by molar-refractivity contribution is -0.115.